The van der Waals surface area contributed by atoms with Gasteiger partial charge in [-0.1, -0.05) is 13.8 Å². The van der Waals surface area contributed by atoms with E-state index in [1.54, 1.807) is 0 Å². The van der Waals surface area contributed by atoms with Crippen molar-refractivity contribution in [3.8, 4) is 0 Å². The van der Waals surface area contributed by atoms with Crippen LogP contribution in [0.4, 0.5) is 5.69 Å². The van der Waals surface area contributed by atoms with Gasteiger partial charge >= 0.3 is 0 Å². The molecule has 0 spiro atoms. The first-order valence-corrected chi connectivity index (χ1v) is 6.14. The zero-order valence-corrected chi connectivity index (χ0v) is 10.5. The van der Waals surface area contributed by atoms with Crippen molar-refractivity contribution in [3.05, 3.63) is 24.0 Å². The quantitative estimate of drug-likeness (QED) is 0.861. The molecule has 1 atom stereocenters. The van der Waals surface area contributed by atoms with Gasteiger partial charge in [-0.15, -0.1) is 0 Å². The molecular formula is C13H20N2O2. The third-order valence-corrected chi connectivity index (χ3v) is 3.07. The average molecular weight is 236 g/mol. The lowest BCUT2D eigenvalue weighted by molar-refractivity contribution is 0.00355. The zero-order valence-electron chi connectivity index (χ0n) is 10.5. The van der Waals surface area contributed by atoms with Crippen LogP contribution >= 0.6 is 0 Å². The highest BCUT2D eigenvalue weighted by molar-refractivity contribution is 5.45. The van der Waals surface area contributed by atoms with Crippen LogP contribution in [0.15, 0.2) is 18.3 Å². The predicted molar refractivity (Wildman–Crippen MR) is 67.4 cm³/mol. The van der Waals surface area contributed by atoms with Crippen molar-refractivity contribution in [2.75, 3.05) is 31.2 Å². The maximum atomic E-state index is 9.11. The predicted octanol–water partition coefficient (Wildman–Crippen LogP) is 1.40. The van der Waals surface area contributed by atoms with Crippen molar-refractivity contribution in [2.45, 2.75) is 25.9 Å². The fourth-order valence-electron chi connectivity index (χ4n) is 1.99. The van der Waals surface area contributed by atoms with Gasteiger partial charge in [0.2, 0.25) is 0 Å². The Morgan fingerprint density at radius 1 is 1.53 bits per heavy atom. The Kier molecular flexibility index (Phi) is 3.97. The number of nitrogens with zero attached hydrogens (tertiary/aromatic N) is 2. The first-order chi connectivity index (χ1) is 8.20. The summed E-state index contributed by atoms with van der Waals surface area (Å²) in [4.78, 5) is 6.67. The van der Waals surface area contributed by atoms with E-state index in [4.69, 9.17) is 9.84 Å². The van der Waals surface area contributed by atoms with Crippen LogP contribution in [0.25, 0.3) is 0 Å². The Morgan fingerprint density at radius 2 is 2.35 bits per heavy atom. The maximum absolute atomic E-state index is 9.11. The fraction of sp³-hybridized carbons (Fsp3) is 0.615. The molecule has 0 unspecified atom stereocenters. The molecule has 17 heavy (non-hydrogen) atoms. The number of pyridine rings is 1. The number of ether oxygens (including phenoxy) is 1. The molecule has 0 amide bonds. The van der Waals surface area contributed by atoms with E-state index in [1.165, 1.54) is 0 Å². The number of anilines is 1. The van der Waals surface area contributed by atoms with E-state index in [1.807, 2.05) is 6.20 Å². The highest BCUT2D eigenvalue weighted by Crippen LogP contribution is 2.19. The normalized spacial score (nSPS) is 20.9. The third kappa shape index (κ3) is 2.96. The summed E-state index contributed by atoms with van der Waals surface area (Å²) in [6, 6.07) is 4.17. The molecule has 1 N–H and O–H groups in total. The highest BCUT2D eigenvalue weighted by atomic mass is 16.5. The number of hydrogen-bond acceptors (Lipinski definition) is 4. The molecule has 1 aromatic rings. The molecule has 1 fully saturated rings. The van der Waals surface area contributed by atoms with E-state index in [-0.39, 0.29) is 12.7 Å². The molecule has 94 valence electrons. The summed E-state index contributed by atoms with van der Waals surface area (Å²) in [5.41, 5.74) is 2.22. The minimum atomic E-state index is -0.0754. The Hall–Kier alpha value is -1.13. The number of aliphatic hydroxyl groups excluding tert-OH is 1. The molecule has 0 aromatic carbocycles. The lowest BCUT2D eigenvalue weighted by Gasteiger charge is -2.33. The van der Waals surface area contributed by atoms with Crippen LogP contribution in [0.3, 0.4) is 0 Å². The maximum Gasteiger partial charge on any atom is 0.0980 e. The van der Waals surface area contributed by atoms with Crippen LogP contribution in [-0.4, -0.2) is 42.5 Å². The summed E-state index contributed by atoms with van der Waals surface area (Å²) in [5, 5.41) is 9.11. The van der Waals surface area contributed by atoms with E-state index in [9.17, 15) is 0 Å². The van der Waals surface area contributed by atoms with E-state index in [0.29, 0.717) is 12.5 Å². The van der Waals surface area contributed by atoms with Crippen molar-refractivity contribution >= 4 is 5.69 Å². The second kappa shape index (κ2) is 5.47. The standard InChI is InChI=1S/C13H20N2O2/c1-10(2)13-4-3-11(7-14-13)15-5-6-17-12(8-15)9-16/h3-4,7,10,12,16H,5-6,8-9H2,1-2H3/t12-/m0/s1. The van der Waals surface area contributed by atoms with Gasteiger partial charge in [-0.05, 0) is 18.1 Å². The number of morpholine rings is 1. The number of aromatic nitrogens is 1. The number of hydrogen-bond donors (Lipinski definition) is 1. The number of aliphatic hydroxyl groups is 1. The summed E-state index contributed by atoms with van der Waals surface area (Å²) < 4.78 is 5.43. The van der Waals surface area contributed by atoms with Gasteiger partial charge in [-0.25, -0.2) is 0 Å². The van der Waals surface area contributed by atoms with Gasteiger partial charge in [-0.3, -0.25) is 4.98 Å². The van der Waals surface area contributed by atoms with Gasteiger partial charge in [0.25, 0.3) is 0 Å². The fourth-order valence-corrected chi connectivity index (χ4v) is 1.99. The van der Waals surface area contributed by atoms with E-state index < -0.39 is 0 Å². The van der Waals surface area contributed by atoms with Crippen LogP contribution in [0, 0.1) is 0 Å². The summed E-state index contributed by atoms with van der Waals surface area (Å²) in [6.07, 6.45) is 1.84. The Labute approximate surface area is 102 Å². The van der Waals surface area contributed by atoms with Crippen LogP contribution in [0.5, 0.6) is 0 Å². The largest absolute Gasteiger partial charge is 0.394 e. The van der Waals surface area contributed by atoms with E-state index in [0.717, 1.165) is 24.5 Å². The van der Waals surface area contributed by atoms with Gasteiger partial charge in [-0.2, -0.15) is 0 Å². The van der Waals surface area contributed by atoms with Gasteiger partial charge in [0.1, 0.15) is 0 Å². The molecule has 1 saturated heterocycles. The van der Waals surface area contributed by atoms with Crippen molar-refractivity contribution < 1.29 is 9.84 Å². The van der Waals surface area contributed by atoms with Crippen molar-refractivity contribution in [1.29, 1.82) is 0 Å². The van der Waals surface area contributed by atoms with E-state index >= 15 is 0 Å². The van der Waals surface area contributed by atoms with Gasteiger partial charge < -0.3 is 14.7 Å². The molecule has 0 radical (unpaired) electrons. The van der Waals surface area contributed by atoms with Crippen LogP contribution in [0.1, 0.15) is 25.5 Å². The third-order valence-electron chi connectivity index (χ3n) is 3.07. The number of rotatable bonds is 3. The molecule has 1 aromatic heterocycles. The summed E-state index contributed by atoms with van der Waals surface area (Å²) in [6.45, 7) is 6.61. The molecule has 2 rings (SSSR count). The molecule has 0 aliphatic carbocycles. The molecule has 4 heteroatoms. The molecule has 0 saturated carbocycles. The lowest BCUT2D eigenvalue weighted by atomic mass is 10.1. The molecular weight excluding hydrogens is 216 g/mol. The minimum absolute atomic E-state index is 0.0754. The Bertz CT molecular complexity index is 351. The molecule has 1 aliphatic heterocycles. The second-order valence-electron chi connectivity index (χ2n) is 4.72. The van der Waals surface area contributed by atoms with Crippen LogP contribution in [0.2, 0.25) is 0 Å². The van der Waals surface area contributed by atoms with Crippen LogP contribution in [-0.2, 0) is 4.74 Å². The topological polar surface area (TPSA) is 45.6 Å². The van der Waals surface area contributed by atoms with Gasteiger partial charge in [0.05, 0.1) is 31.2 Å². The Balaban J connectivity index is 2.06. The zero-order chi connectivity index (χ0) is 12.3. The van der Waals surface area contributed by atoms with Crippen LogP contribution < -0.4 is 4.90 Å². The van der Waals surface area contributed by atoms with Gasteiger partial charge in [0, 0.05) is 18.8 Å². The SMILES string of the molecule is CC(C)c1ccc(N2CCO[C@H](CO)C2)cn1. The monoisotopic (exact) mass is 236 g/mol. The average Bonchev–Trinajstić information content (AvgIpc) is 2.39. The summed E-state index contributed by atoms with van der Waals surface area (Å²) in [7, 11) is 0. The van der Waals surface area contributed by atoms with Crippen molar-refractivity contribution in [2.24, 2.45) is 0 Å². The molecule has 1 aliphatic rings. The van der Waals surface area contributed by atoms with Crippen molar-refractivity contribution in [3.63, 3.8) is 0 Å². The molecule has 4 nitrogen and oxygen atoms in total. The highest BCUT2D eigenvalue weighted by Gasteiger charge is 2.20. The minimum Gasteiger partial charge on any atom is -0.394 e. The first-order valence-electron chi connectivity index (χ1n) is 6.14. The van der Waals surface area contributed by atoms with Gasteiger partial charge in [0.15, 0.2) is 0 Å². The van der Waals surface area contributed by atoms with E-state index in [2.05, 4.69) is 35.9 Å². The second-order valence-corrected chi connectivity index (χ2v) is 4.72. The molecule has 2 heterocycles. The summed E-state index contributed by atoms with van der Waals surface area (Å²) >= 11 is 0. The lowest BCUT2D eigenvalue weighted by Crippen LogP contribution is -2.44. The Morgan fingerprint density at radius 3 is 2.94 bits per heavy atom. The smallest absolute Gasteiger partial charge is 0.0980 e. The van der Waals surface area contributed by atoms with Crippen molar-refractivity contribution in [1.82, 2.24) is 4.98 Å². The summed E-state index contributed by atoms with van der Waals surface area (Å²) in [5.74, 6) is 0.457. The molecule has 0 bridgehead atoms. The first kappa shape index (κ1) is 12.3.